The van der Waals surface area contributed by atoms with Gasteiger partial charge in [0.2, 0.25) is 5.91 Å². The summed E-state index contributed by atoms with van der Waals surface area (Å²) in [6, 6.07) is 6.15. The summed E-state index contributed by atoms with van der Waals surface area (Å²) in [5.41, 5.74) is 2.27. The Morgan fingerprint density at radius 2 is 2.04 bits per heavy atom. The average molecular weight is 383 g/mol. The van der Waals surface area contributed by atoms with Gasteiger partial charge in [0.15, 0.2) is 0 Å². The summed E-state index contributed by atoms with van der Waals surface area (Å²) in [7, 11) is 0. The summed E-state index contributed by atoms with van der Waals surface area (Å²) in [4.78, 5) is 14.5. The van der Waals surface area contributed by atoms with Gasteiger partial charge in [0.25, 0.3) is 0 Å². The lowest BCUT2D eigenvalue weighted by Gasteiger charge is -2.32. The second kappa shape index (κ2) is 8.31. The lowest BCUT2D eigenvalue weighted by molar-refractivity contribution is -0.132. The Balaban J connectivity index is 1.26. The number of rotatable bonds is 5. The molecule has 0 bridgehead atoms. The van der Waals surface area contributed by atoms with Crippen LogP contribution in [0.2, 0.25) is 0 Å². The van der Waals surface area contributed by atoms with E-state index in [1.54, 1.807) is 0 Å². The maximum absolute atomic E-state index is 12.6. The molecule has 0 atom stereocenters. The van der Waals surface area contributed by atoms with Crippen molar-refractivity contribution in [3.05, 3.63) is 41.0 Å². The summed E-state index contributed by atoms with van der Waals surface area (Å²) in [6.07, 6.45) is 2.33. The zero-order valence-corrected chi connectivity index (χ0v) is 16.8. The van der Waals surface area contributed by atoms with Gasteiger partial charge in [-0.15, -0.1) is 10.2 Å². The summed E-state index contributed by atoms with van der Waals surface area (Å²) < 4.78 is 8.11. The molecule has 1 saturated heterocycles. The molecule has 0 aliphatic carbocycles. The fourth-order valence-electron chi connectivity index (χ4n) is 4.07. The van der Waals surface area contributed by atoms with E-state index < -0.39 is 0 Å². The van der Waals surface area contributed by atoms with Gasteiger partial charge >= 0.3 is 0 Å². The van der Waals surface area contributed by atoms with Crippen LogP contribution in [0, 0.1) is 13.8 Å². The first-order valence-corrected chi connectivity index (χ1v) is 10.2. The van der Waals surface area contributed by atoms with Gasteiger partial charge in [-0.25, -0.2) is 0 Å². The molecule has 1 aromatic heterocycles. The van der Waals surface area contributed by atoms with Crippen LogP contribution in [0.4, 0.5) is 0 Å². The largest absolute Gasteiger partial charge is 0.493 e. The van der Waals surface area contributed by atoms with Gasteiger partial charge < -0.3 is 19.5 Å². The third-order valence-corrected chi connectivity index (χ3v) is 5.78. The molecule has 0 radical (unpaired) electrons. The molecule has 3 heterocycles. The zero-order valence-electron chi connectivity index (χ0n) is 16.8. The number of carbonyl (C=O) groups is 1. The van der Waals surface area contributed by atoms with E-state index in [2.05, 4.69) is 32.2 Å². The highest BCUT2D eigenvalue weighted by atomic mass is 16.5. The highest BCUT2D eigenvalue weighted by molar-refractivity contribution is 5.76. The Bertz CT molecular complexity index is 839. The smallest absolute Gasteiger partial charge is 0.225 e. The Labute approximate surface area is 166 Å². The van der Waals surface area contributed by atoms with Crippen LogP contribution in [-0.4, -0.2) is 51.8 Å². The molecule has 1 N–H and O–H groups in total. The Morgan fingerprint density at radius 1 is 1.21 bits per heavy atom. The van der Waals surface area contributed by atoms with Gasteiger partial charge in [-0.05, 0) is 43.9 Å². The molecule has 1 fully saturated rings. The predicted molar refractivity (Wildman–Crippen MR) is 106 cm³/mol. The van der Waals surface area contributed by atoms with E-state index in [0.29, 0.717) is 18.9 Å². The minimum absolute atomic E-state index is 0.177. The number of carbonyl (C=O) groups excluding carboxylic acids is 1. The van der Waals surface area contributed by atoms with E-state index in [1.165, 1.54) is 5.56 Å². The van der Waals surface area contributed by atoms with E-state index in [-0.39, 0.29) is 5.91 Å². The Morgan fingerprint density at radius 3 is 2.86 bits per heavy atom. The minimum Gasteiger partial charge on any atom is -0.493 e. The van der Waals surface area contributed by atoms with Gasteiger partial charge in [0.05, 0.1) is 19.6 Å². The maximum atomic E-state index is 12.6. The van der Waals surface area contributed by atoms with Crippen molar-refractivity contribution in [1.29, 1.82) is 0 Å². The zero-order chi connectivity index (χ0) is 19.5. The number of aromatic nitrogens is 3. The van der Waals surface area contributed by atoms with E-state index >= 15 is 0 Å². The fourth-order valence-corrected chi connectivity index (χ4v) is 4.07. The van der Waals surface area contributed by atoms with Crippen LogP contribution >= 0.6 is 0 Å². The Kier molecular flexibility index (Phi) is 5.62. The van der Waals surface area contributed by atoms with Gasteiger partial charge in [-0.2, -0.15) is 0 Å². The normalized spacial score (nSPS) is 17.4. The molecule has 2 aliphatic rings. The van der Waals surface area contributed by atoms with Crippen molar-refractivity contribution in [3.8, 4) is 5.75 Å². The molecule has 28 heavy (non-hydrogen) atoms. The molecule has 150 valence electrons. The topological polar surface area (TPSA) is 72.3 Å². The SMILES string of the molecule is Cc1ccc(C)c(OCCC(=O)N2CCC(c3nnc4n3CCNC4)CC2)c1. The molecular weight excluding hydrogens is 354 g/mol. The highest BCUT2D eigenvalue weighted by Gasteiger charge is 2.28. The average Bonchev–Trinajstić information content (AvgIpc) is 3.15. The summed E-state index contributed by atoms with van der Waals surface area (Å²) in [5.74, 6) is 3.58. The summed E-state index contributed by atoms with van der Waals surface area (Å²) in [5, 5.41) is 12.1. The maximum Gasteiger partial charge on any atom is 0.225 e. The van der Waals surface area contributed by atoms with E-state index in [9.17, 15) is 4.79 Å². The van der Waals surface area contributed by atoms with Gasteiger partial charge in [0.1, 0.15) is 17.4 Å². The standard InChI is InChI=1S/C21H29N5O2/c1-15-3-4-16(2)18(13-15)28-12-7-20(27)25-9-5-17(6-10-25)21-24-23-19-14-22-8-11-26(19)21/h3-4,13,17,22H,5-12,14H2,1-2H3. The molecule has 1 aromatic carbocycles. The number of likely N-dealkylation sites (tertiary alicyclic amines) is 1. The first kappa shape index (κ1) is 18.9. The summed E-state index contributed by atoms with van der Waals surface area (Å²) in [6.45, 7) is 8.77. The first-order chi connectivity index (χ1) is 13.6. The molecule has 2 aliphatic heterocycles. The molecule has 7 nitrogen and oxygen atoms in total. The molecule has 7 heteroatoms. The second-order valence-electron chi connectivity index (χ2n) is 7.83. The Hall–Kier alpha value is -2.41. The molecule has 0 unspecified atom stereocenters. The molecule has 2 aromatic rings. The van der Waals surface area contributed by atoms with Crippen molar-refractivity contribution in [2.75, 3.05) is 26.2 Å². The monoisotopic (exact) mass is 383 g/mol. The van der Waals surface area contributed by atoms with Crippen molar-refractivity contribution >= 4 is 5.91 Å². The number of hydrogen-bond donors (Lipinski definition) is 1. The molecular formula is C21H29N5O2. The molecule has 4 rings (SSSR count). The van der Waals surface area contributed by atoms with Gasteiger partial charge in [-0.1, -0.05) is 12.1 Å². The molecule has 1 amide bonds. The summed E-state index contributed by atoms with van der Waals surface area (Å²) >= 11 is 0. The number of fused-ring (bicyclic) bond motifs is 1. The van der Waals surface area contributed by atoms with E-state index in [4.69, 9.17) is 4.74 Å². The number of piperidine rings is 1. The third-order valence-electron chi connectivity index (χ3n) is 5.78. The van der Waals surface area contributed by atoms with Crippen molar-refractivity contribution in [3.63, 3.8) is 0 Å². The number of nitrogens with zero attached hydrogens (tertiary/aromatic N) is 4. The number of benzene rings is 1. The lowest BCUT2D eigenvalue weighted by atomic mass is 9.95. The van der Waals surface area contributed by atoms with E-state index in [1.807, 2.05) is 24.8 Å². The number of hydrogen-bond acceptors (Lipinski definition) is 5. The second-order valence-corrected chi connectivity index (χ2v) is 7.83. The van der Waals surface area contributed by atoms with E-state index in [0.717, 1.165) is 68.5 Å². The van der Waals surface area contributed by atoms with Crippen LogP contribution in [0.25, 0.3) is 0 Å². The van der Waals surface area contributed by atoms with Crippen LogP contribution in [0.5, 0.6) is 5.75 Å². The van der Waals surface area contributed by atoms with Crippen molar-refractivity contribution < 1.29 is 9.53 Å². The highest BCUT2D eigenvalue weighted by Crippen LogP contribution is 2.28. The third kappa shape index (κ3) is 4.04. The van der Waals surface area contributed by atoms with Gasteiger partial charge in [-0.3, -0.25) is 4.79 Å². The fraction of sp³-hybridized carbons (Fsp3) is 0.571. The number of aryl methyl sites for hydroxylation is 2. The van der Waals surface area contributed by atoms with Crippen LogP contribution in [0.1, 0.15) is 48.0 Å². The van der Waals surface area contributed by atoms with Crippen LogP contribution in [0.3, 0.4) is 0 Å². The van der Waals surface area contributed by atoms with Crippen LogP contribution < -0.4 is 10.1 Å². The van der Waals surface area contributed by atoms with Crippen molar-refractivity contribution in [2.24, 2.45) is 0 Å². The predicted octanol–water partition coefficient (Wildman–Crippen LogP) is 2.17. The lowest BCUT2D eigenvalue weighted by Crippen LogP contribution is -2.39. The minimum atomic E-state index is 0.177. The van der Waals surface area contributed by atoms with Gasteiger partial charge in [0, 0.05) is 32.1 Å². The number of amides is 1. The van der Waals surface area contributed by atoms with Crippen molar-refractivity contribution in [2.45, 2.75) is 52.1 Å². The number of ether oxygens (including phenoxy) is 1. The molecule has 0 saturated carbocycles. The van der Waals surface area contributed by atoms with Crippen LogP contribution in [0.15, 0.2) is 18.2 Å². The number of nitrogens with one attached hydrogen (secondary N) is 1. The van der Waals surface area contributed by atoms with Crippen molar-refractivity contribution in [1.82, 2.24) is 25.0 Å². The molecule has 0 spiro atoms. The van der Waals surface area contributed by atoms with Crippen LogP contribution in [-0.2, 0) is 17.9 Å². The first-order valence-electron chi connectivity index (χ1n) is 10.2. The quantitative estimate of drug-likeness (QED) is 0.857.